The fourth-order valence-corrected chi connectivity index (χ4v) is 3.40. The number of nitrogens with zero attached hydrogens (tertiary/aromatic N) is 3. The Bertz CT molecular complexity index is 546. The van der Waals surface area contributed by atoms with Gasteiger partial charge in [-0.15, -0.1) is 0 Å². The summed E-state index contributed by atoms with van der Waals surface area (Å²) in [5, 5.41) is 9.03. The summed E-state index contributed by atoms with van der Waals surface area (Å²) in [6, 6.07) is 0. The Kier molecular flexibility index (Phi) is 4.95. The van der Waals surface area contributed by atoms with Crippen molar-refractivity contribution in [3.63, 3.8) is 0 Å². The van der Waals surface area contributed by atoms with Gasteiger partial charge in [0.25, 0.3) is 0 Å². The standard InChI is InChI=1S/C16H23N3O4/c1-2-22-15-10-17-9-14(18-15)19-7-5-11(6-8-19)12-3-4-13(23-12)16(20)21/h9-13H,2-8H2,1H3,(H,20,21)/t12-,13+/m0/s1. The Labute approximate surface area is 135 Å². The second kappa shape index (κ2) is 7.12. The van der Waals surface area contributed by atoms with Crippen LogP contribution in [0.5, 0.6) is 5.88 Å². The van der Waals surface area contributed by atoms with Crippen molar-refractivity contribution in [3.05, 3.63) is 12.4 Å². The highest BCUT2D eigenvalue weighted by Crippen LogP contribution is 2.33. The third-order valence-corrected chi connectivity index (χ3v) is 4.61. The molecule has 0 amide bonds. The van der Waals surface area contributed by atoms with E-state index in [4.69, 9.17) is 14.6 Å². The monoisotopic (exact) mass is 321 g/mol. The zero-order valence-electron chi connectivity index (χ0n) is 13.4. The van der Waals surface area contributed by atoms with Gasteiger partial charge in [0.15, 0.2) is 11.9 Å². The maximum atomic E-state index is 11.0. The lowest BCUT2D eigenvalue weighted by Crippen LogP contribution is -2.38. The van der Waals surface area contributed by atoms with Gasteiger partial charge >= 0.3 is 5.97 Å². The maximum absolute atomic E-state index is 11.0. The van der Waals surface area contributed by atoms with E-state index < -0.39 is 12.1 Å². The maximum Gasteiger partial charge on any atom is 0.332 e. The molecule has 0 aliphatic carbocycles. The van der Waals surface area contributed by atoms with Gasteiger partial charge in [-0.3, -0.25) is 4.98 Å². The molecular formula is C16H23N3O4. The molecule has 1 aromatic heterocycles. The molecule has 0 radical (unpaired) electrons. The van der Waals surface area contributed by atoms with Crippen LogP contribution in [0.2, 0.25) is 0 Å². The fraction of sp³-hybridized carbons (Fsp3) is 0.688. The largest absolute Gasteiger partial charge is 0.479 e. The van der Waals surface area contributed by atoms with Crippen molar-refractivity contribution in [3.8, 4) is 5.88 Å². The lowest BCUT2D eigenvalue weighted by Gasteiger charge is -2.35. The molecular weight excluding hydrogens is 298 g/mol. The van der Waals surface area contributed by atoms with Crippen molar-refractivity contribution in [2.24, 2.45) is 5.92 Å². The van der Waals surface area contributed by atoms with E-state index in [-0.39, 0.29) is 6.10 Å². The number of rotatable bonds is 5. The summed E-state index contributed by atoms with van der Waals surface area (Å²) < 4.78 is 11.1. The number of carboxylic acid groups (broad SMARTS) is 1. The van der Waals surface area contributed by atoms with Crippen LogP contribution >= 0.6 is 0 Å². The van der Waals surface area contributed by atoms with E-state index in [1.165, 1.54) is 0 Å². The molecule has 126 valence electrons. The molecule has 0 unspecified atom stereocenters. The van der Waals surface area contributed by atoms with Gasteiger partial charge < -0.3 is 19.5 Å². The topological polar surface area (TPSA) is 84.8 Å². The Morgan fingerprint density at radius 2 is 2.13 bits per heavy atom. The van der Waals surface area contributed by atoms with Crippen molar-refractivity contribution < 1.29 is 19.4 Å². The van der Waals surface area contributed by atoms with Gasteiger partial charge in [0.05, 0.1) is 25.1 Å². The van der Waals surface area contributed by atoms with Gasteiger partial charge in [-0.2, -0.15) is 4.98 Å². The van der Waals surface area contributed by atoms with Crippen LogP contribution in [0.3, 0.4) is 0 Å². The second-order valence-electron chi connectivity index (χ2n) is 6.05. The summed E-state index contributed by atoms with van der Waals surface area (Å²) in [6.45, 7) is 4.26. The van der Waals surface area contributed by atoms with Crippen LogP contribution in [0.25, 0.3) is 0 Å². The number of anilines is 1. The SMILES string of the molecule is CCOc1cncc(N2CCC([C@@H]3CC[C@H](C(=O)O)O3)CC2)n1. The predicted octanol–water partition coefficient (Wildman–Crippen LogP) is 1.72. The van der Waals surface area contributed by atoms with E-state index in [1.807, 2.05) is 6.92 Å². The van der Waals surface area contributed by atoms with Gasteiger partial charge in [-0.25, -0.2) is 4.79 Å². The normalized spacial score (nSPS) is 25.5. The van der Waals surface area contributed by atoms with E-state index >= 15 is 0 Å². The molecule has 3 heterocycles. The summed E-state index contributed by atoms with van der Waals surface area (Å²) in [5.74, 6) is 0.979. The molecule has 0 saturated carbocycles. The van der Waals surface area contributed by atoms with Crippen molar-refractivity contribution in [1.82, 2.24) is 9.97 Å². The van der Waals surface area contributed by atoms with Crippen molar-refractivity contribution in [2.45, 2.75) is 44.8 Å². The Morgan fingerprint density at radius 3 is 2.78 bits per heavy atom. The molecule has 0 aromatic carbocycles. The predicted molar refractivity (Wildman–Crippen MR) is 83.7 cm³/mol. The molecule has 2 aliphatic heterocycles. The van der Waals surface area contributed by atoms with Gasteiger partial charge in [-0.1, -0.05) is 0 Å². The summed E-state index contributed by atoms with van der Waals surface area (Å²) in [4.78, 5) is 21.9. The lowest BCUT2D eigenvalue weighted by atomic mass is 9.90. The highest BCUT2D eigenvalue weighted by molar-refractivity contribution is 5.72. The van der Waals surface area contributed by atoms with Gasteiger partial charge in [0.1, 0.15) is 0 Å². The highest BCUT2D eigenvalue weighted by Gasteiger charge is 2.36. The molecule has 2 saturated heterocycles. The van der Waals surface area contributed by atoms with Gasteiger partial charge in [-0.05, 0) is 38.5 Å². The molecule has 23 heavy (non-hydrogen) atoms. The van der Waals surface area contributed by atoms with E-state index in [0.717, 1.165) is 38.2 Å². The molecule has 2 fully saturated rings. The van der Waals surface area contributed by atoms with E-state index in [2.05, 4.69) is 14.9 Å². The fourth-order valence-electron chi connectivity index (χ4n) is 3.40. The smallest absolute Gasteiger partial charge is 0.332 e. The third kappa shape index (κ3) is 3.72. The number of aromatic nitrogens is 2. The Hall–Kier alpha value is -1.89. The average molecular weight is 321 g/mol. The van der Waals surface area contributed by atoms with Crippen LogP contribution in [0.15, 0.2) is 12.4 Å². The molecule has 1 aromatic rings. The summed E-state index contributed by atoms with van der Waals surface area (Å²) in [7, 11) is 0. The minimum absolute atomic E-state index is 0.0825. The van der Waals surface area contributed by atoms with Crippen LogP contribution in [-0.4, -0.2) is 52.9 Å². The van der Waals surface area contributed by atoms with E-state index in [0.29, 0.717) is 24.8 Å². The molecule has 0 spiro atoms. The Balaban J connectivity index is 1.54. The number of hydrogen-bond donors (Lipinski definition) is 1. The summed E-state index contributed by atoms with van der Waals surface area (Å²) in [5.41, 5.74) is 0. The van der Waals surface area contributed by atoms with E-state index in [9.17, 15) is 4.79 Å². The van der Waals surface area contributed by atoms with Crippen LogP contribution < -0.4 is 9.64 Å². The summed E-state index contributed by atoms with van der Waals surface area (Å²) >= 11 is 0. The molecule has 3 rings (SSSR count). The van der Waals surface area contributed by atoms with Crippen molar-refractivity contribution >= 4 is 11.8 Å². The molecule has 2 atom stereocenters. The first kappa shape index (κ1) is 16.0. The van der Waals surface area contributed by atoms with Crippen LogP contribution in [0.4, 0.5) is 5.82 Å². The number of piperidine rings is 1. The first-order chi connectivity index (χ1) is 11.2. The Morgan fingerprint density at radius 1 is 1.35 bits per heavy atom. The first-order valence-electron chi connectivity index (χ1n) is 8.25. The average Bonchev–Trinajstić information content (AvgIpc) is 3.06. The number of aliphatic carboxylic acids is 1. The number of ether oxygens (including phenoxy) is 2. The minimum atomic E-state index is -0.840. The number of carbonyl (C=O) groups is 1. The first-order valence-corrected chi connectivity index (χ1v) is 8.25. The van der Waals surface area contributed by atoms with Crippen LogP contribution in [0, 0.1) is 5.92 Å². The van der Waals surface area contributed by atoms with Crippen LogP contribution in [0.1, 0.15) is 32.6 Å². The lowest BCUT2D eigenvalue weighted by molar-refractivity contribution is -0.150. The van der Waals surface area contributed by atoms with Gasteiger partial charge in [0, 0.05) is 13.1 Å². The summed E-state index contributed by atoms with van der Waals surface area (Å²) in [6.07, 6.45) is 6.29. The van der Waals surface area contributed by atoms with Crippen molar-refractivity contribution in [1.29, 1.82) is 0 Å². The zero-order valence-corrected chi connectivity index (χ0v) is 13.4. The minimum Gasteiger partial charge on any atom is -0.479 e. The number of hydrogen-bond acceptors (Lipinski definition) is 6. The van der Waals surface area contributed by atoms with Gasteiger partial charge in [0.2, 0.25) is 5.88 Å². The van der Waals surface area contributed by atoms with E-state index in [1.54, 1.807) is 12.4 Å². The molecule has 2 aliphatic rings. The van der Waals surface area contributed by atoms with Crippen LogP contribution in [-0.2, 0) is 9.53 Å². The highest BCUT2D eigenvalue weighted by atomic mass is 16.5. The quantitative estimate of drug-likeness (QED) is 0.884. The molecule has 0 bridgehead atoms. The third-order valence-electron chi connectivity index (χ3n) is 4.61. The number of carboxylic acids is 1. The van der Waals surface area contributed by atoms with Crippen molar-refractivity contribution in [2.75, 3.05) is 24.6 Å². The molecule has 7 nitrogen and oxygen atoms in total. The molecule has 1 N–H and O–H groups in total. The zero-order chi connectivity index (χ0) is 16.2. The molecule has 7 heteroatoms. The second-order valence-corrected chi connectivity index (χ2v) is 6.05.